The number of hydrogen-bond acceptors (Lipinski definition) is 3. The molecule has 0 saturated carbocycles. The minimum atomic E-state index is -0.0448. The SMILES string of the molecule is CCCC(CCO)CNC(=NCc1cccc(C(=O)NC(C)CC)c1)NCC. The second kappa shape index (κ2) is 14.0. The summed E-state index contributed by atoms with van der Waals surface area (Å²) >= 11 is 0. The van der Waals surface area contributed by atoms with Gasteiger partial charge in [-0.3, -0.25) is 4.79 Å². The molecular weight excluding hydrogens is 352 g/mol. The van der Waals surface area contributed by atoms with E-state index in [4.69, 9.17) is 0 Å². The summed E-state index contributed by atoms with van der Waals surface area (Å²) in [6, 6.07) is 7.77. The molecule has 4 N–H and O–H groups in total. The lowest BCUT2D eigenvalue weighted by atomic mass is 10.0. The van der Waals surface area contributed by atoms with Crippen LogP contribution in [0.1, 0.15) is 69.3 Å². The number of benzene rings is 1. The van der Waals surface area contributed by atoms with Crippen molar-refractivity contribution in [2.75, 3.05) is 19.7 Å². The van der Waals surface area contributed by atoms with E-state index in [9.17, 15) is 9.90 Å². The lowest BCUT2D eigenvalue weighted by molar-refractivity contribution is 0.0939. The Labute approximate surface area is 170 Å². The number of carbonyl (C=O) groups is 1. The van der Waals surface area contributed by atoms with Gasteiger partial charge in [-0.05, 0) is 56.7 Å². The number of hydrogen-bond donors (Lipinski definition) is 4. The quantitative estimate of drug-likeness (QED) is 0.326. The number of aliphatic hydroxyl groups excluding tert-OH is 1. The molecule has 0 aliphatic carbocycles. The predicted molar refractivity (Wildman–Crippen MR) is 117 cm³/mol. The minimum Gasteiger partial charge on any atom is -0.396 e. The summed E-state index contributed by atoms with van der Waals surface area (Å²) in [5, 5.41) is 18.9. The Balaban J connectivity index is 2.73. The van der Waals surface area contributed by atoms with Crippen LogP contribution in [0.15, 0.2) is 29.3 Å². The first-order valence-corrected chi connectivity index (χ1v) is 10.6. The van der Waals surface area contributed by atoms with Gasteiger partial charge in [-0.2, -0.15) is 0 Å². The summed E-state index contributed by atoms with van der Waals surface area (Å²) in [7, 11) is 0. The van der Waals surface area contributed by atoms with Gasteiger partial charge in [0.15, 0.2) is 5.96 Å². The summed E-state index contributed by atoms with van der Waals surface area (Å²) < 4.78 is 0. The molecule has 158 valence electrons. The molecular formula is C22H38N4O2. The number of carbonyl (C=O) groups excluding carboxylic acids is 1. The highest BCUT2D eigenvalue weighted by molar-refractivity contribution is 5.94. The van der Waals surface area contributed by atoms with Gasteiger partial charge in [0.25, 0.3) is 5.91 Å². The van der Waals surface area contributed by atoms with Crippen molar-refractivity contribution in [1.29, 1.82) is 0 Å². The maximum absolute atomic E-state index is 12.3. The zero-order chi connectivity index (χ0) is 20.8. The highest BCUT2D eigenvalue weighted by Crippen LogP contribution is 2.10. The molecule has 6 nitrogen and oxygen atoms in total. The van der Waals surface area contributed by atoms with Crippen LogP contribution < -0.4 is 16.0 Å². The number of nitrogens with zero attached hydrogens (tertiary/aromatic N) is 1. The number of amides is 1. The number of aliphatic imine (C=N–C) groups is 1. The molecule has 1 aromatic carbocycles. The van der Waals surface area contributed by atoms with Crippen LogP contribution in [0, 0.1) is 5.92 Å². The van der Waals surface area contributed by atoms with Crippen molar-refractivity contribution in [1.82, 2.24) is 16.0 Å². The summed E-state index contributed by atoms with van der Waals surface area (Å²) in [4.78, 5) is 17.0. The number of aliphatic hydroxyl groups is 1. The molecule has 0 spiro atoms. The molecule has 0 heterocycles. The van der Waals surface area contributed by atoms with Gasteiger partial charge in [0.1, 0.15) is 0 Å². The molecule has 1 aromatic rings. The molecule has 0 aliphatic heterocycles. The normalized spacial score (nSPS) is 13.7. The average molecular weight is 391 g/mol. The van der Waals surface area contributed by atoms with Gasteiger partial charge in [0.2, 0.25) is 0 Å². The van der Waals surface area contributed by atoms with Crippen molar-refractivity contribution in [3.05, 3.63) is 35.4 Å². The fourth-order valence-electron chi connectivity index (χ4n) is 2.91. The Morgan fingerprint density at radius 1 is 1.18 bits per heavy atom. The Morgan fingerprint density at radius 3 is 2.61 bits per heavy atom. The molecule has 0 radical (unpaired) electrons. The van der Waals surface area contributed by atoms with E-state index in [2.05, 4.69) is 34.8 Å². The van der Waals surface area contributed by atoms with Gasteiger partial charge < -0.3 is 21.1 Å². The van der Waals surface area contributed by atoms with E-state index in [-0.39, 0.29) is 18.6 Å². The van der Waals surface area contributed by atoms with Crippen LogP contribution in [0.25, 0.3) is 0 Å². The van der Waals surface area contributed by atoms with Crippen LogP contribution in [-0.4, -0.2) is 42.7 Å². The van der Waals surface area contributed by atoms with Crippen LogP contribution in [0.3, 0.4) is 0 Å². The first-order valence-electron chi connectivity index (χ1n) is 10.6. The highest BCUT2D eigenvalue weighted by atomic mass is 16.3. The first kappa shape index (κ1) is 24.0. The molecule has 1 amide bonds. The third kappa shape index (κ3) is 9.22. The maximum Gasteiger partial charge on any atom is 0.251 e. The van der Waals surface area contributed by atoms with Crippen molar-refractivity contribution >= 4 is 11.9 Å². The van der Waals surface area contributed by atoms with Crippen molar-refractivity contribution in [2.24, 2.45) is 10.9 Å². The van der Waals surface area contributed by atoms with Crippen LogP contribution in [0.2, 0.25) is 0 Å². The summed E-state index contributed by atoms with van der Waals surface area (Å²) in [5.41, 5.74) is 1.66. The molecule has 0 aromatic heterocycles. The smallest absolute Gasteiger partial charge is 0.251 e. The second-order valence-electron chi connectivity index (χ2n) is 7.23. The van der Waals surface area contributed by atoms with Gasteiger partial charge >= 0.3 is 0 Å². The third-order valence-electron chi connectivity index (χ3n) is 4.74. The van der Waals surface area contributed by atoms with Gasteiger partial charge in [-0.1, -0.05) is 32.4 Å². The molecule has 1 rings (SSSR count). The molecule has 2 atom stereocenters. The Hall–Kier alpha value is -2.08. The Morgan fingerprint density at radius 2 is 1.96 bits per heavy atom. The van der Waals surface area contributed by atoms with Gasteiger partial charge in [0.05, 0.1) is 6.54 Å². The van der Waals surface area contributed by atoms with Crippen molar-refractivity contribution < 1.29 is 9.90 Å². The second-order valence-corrected chi connectivity index (χ2v) is 7.23. The van der Waals surface area contributed by atoms with E-state index in [0.29, 0.717) is 18.0 Å². The largest absolute Gasteiger partial charge is 0.396 e. The van der Waals surface area contributed by atoms with E-state index in [1.165, 1.54) is 0 Å². The number of nitrogens with one attached hydrogen (secondary N) is 3. The monoisotopic (exact) mass is 390 g/mol. The minimum absolute atomic E-state index is 0.0448. The molecule has 6 heteroatoms. The zero-order valence-electron chi connectivity index (χ0n) is 17.9. The van der Waals surface area contributed by atoms with Crippen molar-refractivity contribution in [3.8, 4) is 0 Å². The molecule has 0 bridgehead atoms. The standard InChI is InChI=1S/C22H38N4O2/c1-5-9-18(12-13-27)15-24-22(23-7-3)25-16-19-10-8-11-20(14-19)21(28)26-17(4)6-2/h8,10-11,14,17-18,27H,5-7,9,12-13,15-16H2,1-4H3,(H,26,28)(H2,23,24,25). The molecule has 2 unspecified atom stereocenters. The molecule has 0 saturated heterocycles. The van der Waals surface area contributed by atoms with Crippen LogP contribution >= 0.6 is 0 Å². The van der Waals surface area contributed by atoms with Crippen molar-refractivity contribution in [3.63, 3.8) is 0 Å². The van der Waals surface area contributed by atoms with E-state index in [0.717, 1.165) is 50.3 Å². The summed E-state index contributed by atoms with van der Waals surface area (Å²) in [6.07, 6.45) is 3.89. The first-order chi connectivity index (χ1) is 13.5. The topological polar surface area (TPSA) is 85.8 Å². The zero-order valence-corrected chi connectivity index (χ0v) is 17.9. The third-order valence-corrected chi connectivity index (χ3v) is 4.74. The van der Waals surface area contributed by atoms with Gasteiger partial charge in [0, 0.05) is 31.3 Å². The van der Waals surface area contributed by atoms with Crippen LogP contribution in [0.5, 0.6) is 0 Å². The fraction of sp³-hybridized carbons (Fsp3) is 0.636. The highest BCUT2D eigenvalue weighted by Gasteiger charge is 2.10. The average Bonchev–Trinajstić information content (AvgIpc) is 2.70. The molecule has 0 fully saturated rings. The predicted octanol–water partition coefficient (Wildman–Crippen LogP) is 3.07. The van der Waals surface area contributed by atoms with E-state index >= 15 is 0 Å². The number of guanidine groups is 1. The van der Waals surface area contributed by atoms with E-state index < -0.39 is 0 Å². The fourth-order valence-corrected chi connectivity index (χ4v) is 2.91. The lowest BCUT2D eigenvalue weighted by Crippen LogP contribution is -2.40. The molecule has 0 aliphatic rings. The lowest BCUT2D eigenvalue weighted by Gasteiger charge is -2.18. The summed E-state index contributed by atoms with van der Waals surface area (Å²) in [6.45, 7) is 10.5. The maximum atomic E-state index is 12.3. The number of rotatable bonds is 12. The molecule has 28 heavy (non-hydrogen) atoms. The van der Waals surface area contributed by atoms with Crippen LogP contribution in [0.4, 0.5) is 0 Å². The van der Waals surface area contributed by atoms with E-state index in [1.54, 1.807) is 0 Å². The van der Waals surface area contributed by atoms with E-state index in [1.807, 2.05) is 38.1 Å². The van der Waals surface area contributed by atoms with Gasteiger partial charge in [-0.15, -0.1) is 0 Å². The van der Waals surface area contributed by atoms with Gasteiger partial charge in [-0.25, -0.2) is 4.99 Å². The summed E-state index contributed by atoms with van der Waals surface area (Å²) in [5.74, 6) is 1.15. The van der Waals surface area contributed by atoms with Crippen molar-refractivity contribution in [2.45, 2.75) is 66.0 Å². The Kier molecular flexibility index (Phi) is 12.0. The Bertz CT molecular complexity index is 598. The van der Waals surface area contributed by atoms with Crippen LogP contribution in [-0.2, 0) is 6.54 Å².